The minimum Gasteiger partial charge on any atom is -0.375 e. The summed E-state index contributed by atoms with van der Waals surface area (Å²) in [6, 6.07) is -4.16. The summed E-state index contributed by atoms with van der Waals surface area (Å²) < 4.78 is 327. The Morgan fingerprint density at radius 2 is 0.785 bits per heavy atom. The predicted octanol–water partition coefficient (Wildman–Crippen LogP) is 12.9. The summed E-state index contributed by atoms with van der Waals surface area (Å²) >= 11 is -0.169. The summed E-state index contributed by atoms with van der Waals surface area (Å²) in [4.78, 5) is -1.69. The Hall–Kier alpha value is -3.52. The van der Waals surface area contributed by atoms with E-state index >= 15 is 4.57 Å². The van der Waals surface area contributed by atoms with E-state index in [2.05, 4.69) is 8.37 Å². The van der Waals surface area contributed by atoms with Crippen molar-refractivity contribution in [2.75, 3.05) is 5.75 Å². The van der Waals surface area contributed by atoms with Crippen LogP contribution in [0.5, 0.6) is 11.5 Å². The van der Waals surface area contributed by atoms with Crippen LogP contribution in [0.3, 0.4) is 0 Å². The summed E-state index contributed by atoms with van der Waals surface area (Å²) in [6.45, 7) is 1.97. The van der Waals surface area contributed by atoms with Gasteiger partial charge in [0, 0.05) is 10.6 Å². The minimum atomic E-state index is -7.25. The summed E-state index contributed by atoms with van der Waals surface area (Å²) in [7, 11) is -21.2. The molecule has 0 aliphatic rings. The van der Waals surface area contributed by atoms with E-state index in [1.54, 1.807) is 0 Å². The van der Waals surface area contributed by atoms with Crippen LogP contribution < -0.4 is 24.3 Å². The standard InChI is InChI=1S/C36H33F18O7PS3/c1-2-3-4-5-6-7-8-9-10-11-14-63-30-28(61-65(58,59)36(52,53)54)13-12-27(60-64(56,57)35(49,50)51)29(30)62(55,25-17-21(31(37,38)39)15-22(18-25)32(40,41)42)26-19-23(33(43,44)45)16-24(20-26)34(46,47)48/h12-13,15-20H,2-11,14H2,1H3. The normalized spacial score (nSPS) is 13.9. The first kappa shape index (κ1) is 55.8. The smallest absolute Gasteiger partial charge is 0.375 e. The molecule has 0 aliphatic heterocycles. The number of unbranched alkanes of at least 4 members (excludes halogenated alkanes) is 9. The Balaban J connectivity index is 2.66. The summed E-state index contributed by atoms with van der Waals surface area (Å²) in [6.07, 6.45) is -18.0. The Morgan fingerprint density at radius 1 is 0.477 bits per heavy atom. The zero-order valence-electron chi connectivity index (χ0n) is 32.7. The van der Waals surface area contributed by atoms with Gasteiger partial charge < -0.3 is 12.9 Å². The Labute approximate surface area is 362 Å². The lowest BCUT2D eigenvalue weighted by Crippen LogP contribution is -2.34. The van der Waals surface area contributed by atoms with E-state index in [9.17, 15) is 95.9 Å². The molecule has 0 N–H and O–H groups in total. The highest BCUT2D eigenvalue weighted by molar-refractivity contribution is 8.00. The Morgan fingerprint density at radius 3 is 1.11 bits per heavy atom. The van der Waals surface area contributed by atoms with Crippen LogP contribution in [0.1, 0.15) is 93.4 Å². The molecule has 0 atom stereocenters. The Kier molecular flexibility index (Phi) is 17.5. The van der Waals surface area contributed by atoms with Gasteiger partial charge in [-0.05, 0) is 60.7 Å². The number of hydrogen-bond donors (Lipinski definition) is 0. The third-order valence-electron chi connectivity index (χ3n) is 8.96. The van der Waals surface area contributed by atoms with Crippen LogP contribution >= 0.6 is 18.9 Å². The molecule has 0 fully saturated rings. The molecule has 0 heterocycles. The van der Waals surface area contributed by atoms with Crippen molar-refractivity contribution in [2.24, 2.45) is 0 Å². The number of rotatable bonds is 19. The second-order valence-corrected chi connectivity index (χ2v) is 20.8. The maximum Gasteiger partial charge on any atom is 0.534 e. The maximum absolute atomic E-state index is 15.9. The molecule has 0 saturated carbocycles. The average molecular weight is 1050 g/mol. The fourth-order valence-corrected chi connectivity index (χ4v) is 11.4. The molecule has 0 amide bonds. The van der Waals surface area contributed by atoms with E-state index in [0.717, 1.165) is 32.1 Å². The molecule has 65 heavy (non-hydrogen) atoms. The first-order valence-corrected chi connectivity index (χ1v) is 23.9. The van der Waals surface area contributed by atoms with Crippen LogP contribution in [0.4, 0.5) is 79.0 Å². The monoisotopic (exact) mass is 1050 g/mol. The van der Waals surface area contributed by atoms with E-state index in [1.807, 2.05) is 6.92 Å². The van der Waals surface area contributed by atoms with Crippen molar-refractivity contribution < 1.29 is 109 Å². The van der Waals surface area contributed by atoms with Gasteiger partial charge in [-0.15, -0.1) is 11.8 Å². The number of hydrogen-bond acceptors (Lipinski definition) is 8. The lowest BCUT2D eigenvalue weighted by molar-refractivity contribution is -0.144. The van der Waals surface area contributed by atoms with Crippen LogP contribution in [0.15, 0.2) is 53.4 Å². The van der Waals surface area contributed by atoms with Gasteiger partial charge >= 0.3 is 56.0 Å². The van der Waals surface area contributed by atoms with Gasteiger partial charge in [-0.3, -0.25) is 0 Å². The molecule has 0 bridgehead atoms. The van der Waals surface area contributed by atoms with Crippen LogP contribution in [-0.4, -0.2) is 33.6 Å². The van der Waals surface area contributed by atoms with Gasteiger partial charge in [-0.25, -0.2) is 0 Å². The van der Waals surface area contributed by atoms with Crippen molar-refractivity contribution in [1.82, 2.24) is 0 Å². The number of alkyl halides is 18. The molecule has 0 unspecified atom stereocenters. The quantitative estimate of drug-likeness (QED) is 0.0292. The van der Waals surface area contributed by atoms with Crippen molar-refractivity contribution in [3.63, 3.8) is 0 Å². The minimum absolute atomic E-state index is 0.111. The van der Waals surface area contributed by atoms with E-state index in [1.165, 1.54) is 0 Å². The third kappa shape index (κ3) is 14.2. The molecular weight excluding hydrogens is 1010 g/mol. The summed E-state index contributed by atoms with van der Waals surface area (Å²) in [5.41, 5.74) is -23.1. The van der Waals surface area contributed by atoms with Crippen LogP contribution in [-0.2, 0) is 49.5 Å². The number of halogens is 18. The van der Waals surface area contributed by atoms with E-state index in [0.29, 0.717) is 19.3 Å². The lowest BCUT2D eigenvalue weighted by Gasteiger charge is -2.28. The fourth-order valence-electron chi connectivity index (χ4n) is 5.85. The van der Waals surface area contributed by atoms with E-state index < -0.39 is 160 Å². The van der Waals surface area contributed by atoms with E-state index in [-0.39, 0.29) is 36.7 Å². The molecule has 0 aliphatic carbocycles. The molecule has 368 valence electrons. The molecule has 3 rings (SSSR count). The van der Waals surface area contributed by atoms with Gasteiger partial charge in [-0.2, -0.15) is 95.9 Å². The number of benzene rings is 3. The van der Waals surface area contributed by atoms with Gasteiger partial charge in [0.15, 0.2) is 18.6 Å². The molecule has 0 spiro atoms. The van der Waals surface area contributed by atoms with Gasteiger partial charge in [0.05, 0.1) is 32.5 Å². The fraction of sp³-hybridized carbons (Fsp3) is 0.500. The maximum atomic E-state index is 15.9. The van der Waals surface area contributed by atoms with Gasteiger partial charge in [-0.1, -0.05) is 64.7 Å². The van der Waals surface area contributed by atoms with Gasteiger partial charge in [0.2, 0.25) is 0 Å². The molecule has 0 saturated heterocycles. The highest BCUT2D eigenvalue weighted by atomic mass is 32.2. The number of thioether (sulfide) groups is 1. The molecule has 29 heteroatoms. The van der Waals surface area contributed by atoms with Crippen LogP contribution in [0, 0.1) is 0 Å². The Bertz CT molecular complexity index is 2260. The highest BCUT2D eigenvalue weighted by Crippen LogP contribution is 2.54. The van der Waals surface area contributed by atoms with Crippen molar-refractivity contribution in [3.8, 4) is 11.5 Å². The SMILES string of the molecule is CCCCCCCCCCCCSc1c(OS(=O)(=O)C(F)(F)F)ccc(OS(=O)(=O)C(F)(F)F)c1P(=O)(c1cc(C(F)(F)F)cc(C(F)(F)F)c1)c1cc(C(F)(F)F)cc(C(F)(F)F)c1. The molecular formula is C36H33F18O7PS3. The zero-order chi connectivity index (χ0) is 49.8. The zero-order valence-corrected chi connectivity index (χ0v) is 36.1. The summed E-state index contributed by atoms with van der Waals surface area (Å²) in [5.74, 6) is -4.80. The molecule has 7 nitrogen and oxygen atoms in total. The van der Waals surface area contributed by atoms with Crippen molar-refractivity contribution >= 4 is 55.1 Å². The van der Waals surface area contributed by atoms with Crippen LogP contribution in [0.2, 0.25) is 0 Å². The topological polar surface area (TPSA) is 104 Å². The highest BCUT2D eigenvalue weighted by Gasteiger charge is 2.52. The van der Waals surface area contributed by atoms with E-state index in [4.69, 9.17) is 0 Å². The largest absolute Gasteiger partial charge is 0.534 e. The van der Waals surface area contributed by atoms with Gasteiger partial charge in [0.1, 0.15) is 0 Å². The predicted molar refractivity (Wildman–Crippen MR) is 200 cm³/mol. The second kappa shape index (κ2) is 20.4. The van der Waals surface area contributed by atoms with Crippen molar-refractivity contribution in [3.05, 3.63) is 70.8 Å². The second-order valence-electron chi connectivity index (χ2n) is 13.9. The first-order chi connectivity index (χ1) is 29.4. The molecule has 0 aromatic heterocycles. The molecule has 0 radical (unpaired) electrons. The van der Waals surface area contributed by atoms with Crippen molar-refractivity contribution in [2.45, 2.75) is 112 Å². The van der Waals surface area contributed by atoms with Crippen LogP contribution in [0.25, 0.3) is 0 Å². The first-order valence-electron chi connectivity index (χ1n) is 18.4. The summed E-state index contributed by atoms with van der Waals surface area (Å²) in [5, 5.41) is -6.55. The van der Waals surface area contributed by atoms with Gasteiger partial charge in [0.25, 0.3) is 0 Å². The molecule has 3 aromatic rings. The third-order valence-corrected chi connectivity index (χ3v) is 15.3. The molecule has 3 aromatic carbocycles. The van der Waals surface area contributed by atoms with Crippen molar-refractivity contribution in [1.29, 1.82) is 0 Å². The average Bonchev–Trinajstić information content (AvgIpc) is 3.14. The lowest BCUT2D eigenvalue weighted by atomic mass is 10.1.